The highest BCUT2D eigenvalue weighted by atomic mass is 32.2. The first-order chi connectivity index (χ1) is 12.3. The highest BCUT2D eigenvalue weighted by Crippen LogP contribution is 2.40. The van der Waals surface area contributed by atoms with Gasteiger partial charge in [0.1, 0.15) is 28.4 Å². The molecule has 1 aromatic carbocycles. The molecule has 1 amide bonds. The Kier molecular flexibility index (Phi) is 6.77. The predicted molar refractivity (Wildman–Crippen MR) is 99.3 cm³/mol. The number of aliphatic hydroxyl groups is 1. The van der Waals surface area contributed by atoms with Crippen molar-refractivity contribution >= 4 is 23.5 Å². The molecule has 0 aromatic heterocycles. The molecule has 1 aliphatic rings. The van der Waals surface area contributed by atoms with Crippen molar-refractivity contribution in [2.24, 2.45) is 0 Å². The van der Waals surface area contributed by atoms with Crippen LogP contribution in [0.1, 0.15) is 37.0 Å². The standard InChI is InChI=1S/C18H25NO6S/c1-18(2)8-14(22)17-13(21)6-12(7-15(17)25-18)24-10-16(23)19-11(9-20)4-5-26-3/h6-7,11,20-21H,4-5,8-10H2,1-3H3,(H,19,23). The number of fused-ring (bicyclic) bond motifs is 1. The van der Waals surface area contributed by atoms with Gasteiger partial charge >= 0.3 is 0 Å². The molecule has 0 bridgehead atoms. The van der Waals surface area contributed by atoms with E-state index in [0.717, 1.165) is 5.75 Å². The highest BCUT2D eigenvalue weighted by Gasteiger charge is 2.35. The zero-order chi connectivity index (χ0) is 19.3. The van der Waals surface area contributed by atoms with E-state index in [-0.39, 0.29) is 60.2 Å². The average molecular weight is 383 g/mol. The van der Waals surface area contributed by atoms with Gasteiger partial charge in [-0.05, 0) is 32.3 Å². The smallest absolute Gasteiger partial charge is 0.258 e. The molecule has 0 fully saturated rings. The van der Waals surface area contributed by atoms with E-state index in [9.17, 15) is 19.8 Å². The van der Waals surface area contributed by atoms with E-state index >= 15 is 0 Å². The minimum Gasteiger partial charge on any atom is -0.507 e. The first kappa shape index (κ1) is 20.4. The Bertz CT molecular complexity index is 676. The second kappa shape index (κ2) is 8.64. The maximum Gasteiger partial charge on any atom is 0.258 e. The van der Waals surface area contributed by atoms with E-state index in [4.69, 9.17) is 9.47 Å². The van der Waals surface area contributed by atoms with Crippen LogP contribution < -0.4 is 14.8 Å². The number of ketones is 1. The molecule has 0 aliphatic carbocycles. The lowest BCUT2D eigenvalue weighted by molar-refractivity contribution is -0.124. The molecule has 1 unspecified atom stereocenters. The van der Waals surface area contributed by atoms with E-state index in [1.54, 1.807) is 25.6 Å². The summed E-state index contributed by atoms with van der Waals surface area (Å²) < 4.78 is 11.2. The highest BCUT2D eigenvalue weighted by molar-refractivity contribution is 7.98. The van der Waals surface area contributed by atoms with Crippen molar-refractivity contribution in [1.29, 1.82) is 0 Å². The molecule has 8 heteroatoms. The second-order valence-electron chi connectivity index (χ2n) is 6.79. The third kappa shape index (κ3) is 5.28. The summed E-state index contributed by atoms with van der Waals surface area (Å²) in [5, 5.41) is 22.1. The lowest BCUT2D eigenvalue weighted by atomic mass is 9.92. The molecule has 0 radical (unpaired) electrons. The van der Waals surface area contributed by atoms with Crippen molar-refractivity contribution < 1.29 is 29.3 Å². The van der Waals surface area contributed by atoms with Crippen LogP contribution in [0.4, 0.5) is 0 Å². The minimum absolute atomic E-state index is 0.138. The lowest BCUT2D eigenvalue weighted by Gasteiger charge is -2.32. The first-order valence-electron chi connectivity index (χ1n) is 8.37. The number of phenols is 1. The van der Waals surface area contributed by atoms with Gasteiger partial charge in [-0.25, -0.2) is 0 Å². The topological polar surface area (TPSA) is 105 Å². The number of aliphatic hydroxyl groups excluding tert-OH is 1. The molecule has 3 N–H and O–H groups in total. The van der Waals surface area contributed by atoms with Crippen molar-refractivity contribution in [3.63, 3.8) is 0 Å². The van der Waals surface area contributed by atoms with Gasteiger partial charge in [0.15, 0.2) is 12.4 Å². The Morgan fingerprint density at radius 2 is 2.19 bits per heavy atom. The molecule has 1 aromatic rings. The summed E-state index contributed by atoms with van der Waals surface area (Å²) in [4.78, 5) is 24.1. The Morgan fingerprint density at radius 3 is 2.85 bits per heavy atom. The molecule has 1 heterocycles. The van der Waals surface area contributed by atoms with Gasteiger partial charge in [0, 0.05) is 12.1 Å². The number of carbonyl (C=O) groups is 2. The molecule has 0 saturated heterocycles. The molecular weight excluding hydrogens is 358 g/mol. The molecule has 0 spiro atoms. The average Bonchev–Trinajstić information content (AvgIpc) is 2.54. The molecule has 144 valence electrons. The number of amides is 1. The van der Waals surface area contributed by atoms with Crippen LogP contribution >= 0.6 is 11.8 Å². The quantitative estimate of drug-likeness (QED) is 0.628. The number of nitrogens with one attached hydrogen (secondary N) is 1. The van der Waals surface area contributed by atoms with Crippen molar-refractivity contribution in [3.05, 3.63) is 17.7 Å². The molecule has 7 nitrogen and oxygen atoms in total. The van der Waals surface area contributed by atoms with Gasteiger partial charge in [-0.15, -0.1) is 0 Å². The van der Waals surface area contributed by atoms with E-state index in [2.05, 4.69) is 5.32 Å². The zero-order valence-electron chi connectivity index (χ0n) is 15.2. The van der Waals surface area contributed by atoms with Gasteiger partial charge in [-0.2, -0.15) is 11.8 Å². The fourth-order valence-corrected chi connectivity index (χ4v) is 3.24. The monoisotopic (exact) mass is 383 g/mol. The van der Waals surface area contributed by atoms with Crippen LogP contribution in [0.2, 0.25) is 0 Å². The summed E-state index contributed by atoms with van der Waals surface area (Å²) in [5.74, 6) is 0.497. The number of Topliss-reactive ketones (excluding diaryl/α,β-unsaturated/α-hetero) is 1. The number of ether oxygens (including phenoxy) is 2. The minimum atomic E-state index is -0.668. The summed E-state index contributed by atoms with van der Waals surface area (Å²) >= 11 is 1.63. The molecule has 26 heavy (non-hydrogen) atoms. The third-order valence-electron chi connectivity index (χ3n) is 3.93. The Hall–Kier alpha value is -1.93. The van der Waals surface area contributed by atoms with Crippen molar-refractivity contribution in [3.8, 4) is 17.2 Å². The Balaban J connectivity index is 2.01. The van der Waals surface area contributed by atoms with Crippen LogP contribution in [0.15, 0.2) is 12.1 Å². The Morgan fingerprint density at radius 1 is 1.46 bits per heavy atom. The summed E-state index contributed by atoms with van der Waals surface area (Å²) in [7, 11) is 0. The van der Waals surface area contributed by atoms with Crippen molar-refractivity contribution in [2.75, 3.05) is 25.2 Å². The summed E-state index contributed by atoms with van der Waals surface area (Å²) in [6, 6.07) is 2.47. The fraction of sp³-hybridized carbons (Fsp3) is 0.556. The number of benzene rings is 1. The van der Waals surface area contributed by atoms with Gasteiger partial charge in [0.05, 0.1) is 19.1 Å². The van der Waals surface area contributed by atoms with Crippen molar-refractivity contribution in [2.45, 2.75) is 38.3 Å². The van der Waals surface area contributed by atoms with Crippen LogP contribution in [0, 0.1) is 0 Å². The van der Waals surface area contributed by atoms with Gasteiger partial charge in [-0.1, -0.05) is 0 Å². The summed E-state index contributed by atoms with van der Waals surface area (Å²) in [6.07, 6.45) is 2.79. The number of thioether (sulfide) groups is 1. The SMILES string of the molecule is CSCCC(CO)NC(=O)COc1cc(O)c2c(c1)OC(C)(C)CC2=O. The maximum atomic E-state index is 12.2. The van der Waals surface area contributed by atoms with Crippen molar-refractivity contribution in [1.82, 2.24) is 5.32 Å². The van der Waals surface area contributed by atoms with Gasteiger partial charge in [0.2, 0.25) is 0 Å². The normalized spacial score (nSPS) is 16.4. The first-order valence-corrected chi connectivity index (χ1v) is 9.76. The fourth-order valence-electron chi connectivity index (χ4n) is 2.72. The van der Waals surface area contributed by atoms with Gasteiger partial charge < -0.3 is 25.0 Å². The van der Waals surface area contributed by atoms with Crippen LogP contribution in [0.5, 0.6) is 17.2 Å². The lowest BCUT2D eigenvalue weighted by Crippen LogP contribution is -2.40. The molecule has 1 atom stereocenters. The van der Waals surface area contributed by atoms with Crippen LogP contribution in [0.25, 0.3) is 0 Å². The van der Waals surface area contributed by atoms with E-state index < -0.39 is 5.60 Å². The van der Waals surface area contributed by atoms with Crippen LogP contribution in [0.3, 0.4) is 0 Å². The maximum absolute atomic E-state index is 12.2. The number of hydrogen-bond donors (Lipinski definition) is 3. The predicted octanol–water partition coefficient (Wildman–Crippen LogP) is 1.74. The summed E-state index contributed by atoms with van der Waals surface area (Å²) in [5.41, 5.74) is -0.531. The number of carbonyl (C=O) groups excluding carboxylic acids is 2. The van der Waals surface area contributed by atoms with Crippen LogP contribution in [-0.2, 0) is 4.79 Å². The number of aromatic hydroxyl groups is 1. The molecule has 0 saturated carbocycles. The Labute approximate surface area is 157 Å². The van der Waals surface area contributed by atoms with Gasteiger partial charge in [-0.3, -0.25) is 9.59 Å². The van der Waals surface area contributed by atoms with E-state index in [1.165, 1.54) is 12.1 Å². The number of phenolic OH excluding ortho intramolecular Hbond substituents is 1. The molecular formula is C18H25NO6S. The molecule has 2 rings (SSSR count). The third-order valence-corrected chi connectivity index (χ3v) is 4.58. The van der Waals surface area contributed by atoms with E-state index in [0.29, 0.717) is 6.42 Å². The number of hydrogen-bond acceptors (Lipinski definition) is 7. The zero-order valence-corrected chi connectivity index (χ0v) is 16.0. The van der Waals surface area contributed by atoms with Gasteiger partial charge in [0.25, 0.3) is 5.91 Å². The second-order valence-corrected chi connectivity index (χ2v) is 7.78. The molecule has 1 aliphatic heterocycles. The largest absolute Gasteiger partial charge is 0.507 e. The number of rotatable bonds is 8. The van der Waals surface area contributed by atoms with Crippen LogP contribution in [-0.4, -0.2) is 58.8 Å². The summed E-state index contributed by atoms with van der Waals surface area (Å²) in [6.45, 7) is 3.16. The van der Waals surface area contributed by atoms with E-state index in [1.807, 2.05) is 6.26 Å².